The number of Topliss-reactive ketones (excluding diaryl/α,β-unsaturated/α-hetero) is 1. The molecule has 0 bridgehead atoms. The highest BCUT2D eigenvalue weighted by atomic mass is 35.5. The number of hydrogen-bond donors (Lipinski definition) is 1. The number of carbonyl (C=O) groups is 1. The Morgan fingerprint density at radius 3 is 2.67 bits per heavy atom. The first-order chi connectivity index (χ1) is 8.58. The van der Waals surface area contributed by atoms with Crippen LogP contribution in [0, 0.1) is 0 Å². The zero-order valence-corrected chi connectivity index (χ0v) is 10.9. The molecule has 2 aromatic rings. The highest BCUT2D eigenvalue weighted by Crippen LogP contribution is 2.22. The molecule has 0 radical (unpaired) electrons. The lowest BCUT2D eigenvalue weighted by Gasteiger charge is -2.05. The van der Waals surface area contributed by atoms with E-state index in [0.29, 0.717) is 21.3 Å². The molecule has 0 amide bonds. The van der Waals surface area contributed by atoms with E-state index >= 15 is 0 Å². The van der Waals surface area contributed by atoms with E-state index < -0.39 is 0 Å². The third-order valence-corrected chi connectivity index (χ3v) is 3.20. The van der Waals surface area contributed by atoms with Gasteiger partial charge in [-0.15, -0.1) is 0 Å². The molecular formula is C13H10Cl2N2O. The summed E-state index contributed by atoms with van der Waals surface area (Å²) >= 11 is 11.8. The van der Waals surface area contributed by atoms with Crippen LogP contribution in [0.3, 0.4) is 0 Å². The molecule has 0 spiro atoms. The van der Waals surface area contributed by atoms with Crippen molar-refractivity contribution in [2.75, 3.05) is 5.73 Å². The number of hydrogen-bond acceptors (Lipinski definition) is 3. The molecule has 1 heterocycles. The molecule has 1 aromatic carbocycles. The molecular weight excluding hydrogens is 271 g/mol. The number of carbonyl (C=O) groups excluding carboxylic acids is 1. The van der Waals surface area contributed by atoms with Crippen LogP contribution < -0.4 is 5.73 Å². The number of rotatable bonds is 3. The summed E-state index contributed by atoms with van der Waals surface area (Å²) in [6, 6.07) is 6.55. The Morgan fingerprint density at radius 1 is 1.22 bits per heavy atom. The van der Waals surface area contributed by atoms with E-state index in [9.17, 15) is 4.79 Å². The Hall–Kier alpha value is -1.58. The van der Waals surface area contributed by atoms with Crippen LogP contribution in [0.25, 0.3) is 0 Å². The minimum absolute atomic E-state index is 0.0648. The number of pyridine rings is 1. The molecule has 0 fully saturated rings. The first kappa shape index (κ1) is 12.9. The number of nitrogens with zero attached hydrogens (tertiary/aromatic N) is 1. The molecule has 0 aliphatic heterocycles. The van der Waals surface area contributed by atoms with Gasteiger partial charge in [0.25, 0.3) is 0 Å². The maximum absolute atomic E-state index is 12.1. The Balaban J connectivity index is 2.22. The minimum Gasteiger partial charge on any atom is -0.398 e. The summed E-state index contributed by atoms with van der Waals surface area (Å²) in [5, 5.41) is 0.856. The topological polar surface area (TPSA) is 56.0 Å². The predicted octanol–water partition coefficient (Wildman–Crippen LogP) is 3.40. The van der Waals surface area contributed by atoms with Crippen molar-refractivity contribution in [3.05, 3.63) is 57.8 Å². The second kappa shape index (κ2) is 5.38. The fourth-order valence-electron chi connectivity index (χ4n) is 1.52. The van der Waals surface area contributed by atoms with Gasteiger partial charge in [0.2, 0.25) is 0 Å². The van der Waals surface area contributed by atoms with Gasteiger partial charge in [0.15, 0.2) is 5.78 Å². The Kier molecular flexibility index (Phi) is 3.84. The van der Waals surface area contributed by atoms with Crippen LogP contribution in [0.15, 0.2) is 36.7 Å². The third-order valence-electron chi connectivity index (χ3n) is 2.53. The number of ketones is 1. The van der Waals surface area contributed by atoms with Gasteiger partial charge in [-0.3, -0.25) is 9.78 Å². The Morgan fingerprint density at radius 2 is 2.00 bits per heavy atom. The quantitative estimate of drug-likeness (QED) is 0.693. The van der Waals surface area contributed by atoms with Crippen LogP contribution in [0.1, 0.15) is 15.9 Å². The van der Waals surface area contributed by atoms with E-state index in [1.807, 2.05) is 0 Å². The summed E-state index contributed by atoms with van der Waals surface area (Å²) in [6.07, 6.45) is 3.33. The predicted molar refractivity (Wildman–Crippen MR) is 73.1 cm³/mol. The molecule has 0 atom stereocenters. The zero-order chi connectivity index (χ0) is 13.1. The largest absolute Gasteiger partial charge is 0.398 e. The molecule has 2 rings (SSSR count). The van der Waals surface area contributed by atoms with Crippen molar-refractivity contribution in [3.8, 4) is 0 Å². The van der Waals surface area contributed by atoms with Gasteiger partial charge >= 0.3 is 0 Å². The summed E-state index contributed by atoms with van der Waals surface area (Å²) in [5.41, 5.74) is 7.30. The number of anilines is 1. The average Bonchev–Trinajstić information content (AvgIpc) is 2.35. The zero-order valence-electron chi connectivity index (χ0n) is 9.36. The first-order valence-corrected chi connectivity index (χ1v) is 6.00. The van der Waals surface area contributed by atoms with Crippen LogP contribution >= 0.6 is 23.2 Å². The molecule has 0 unspecified atom stereocenters. The van der Waals surface area contributed by atoms with Crippen LogP contribution in [0.5, 0.6) is 0 Å². The van der Waals surface area contributed by atoms with E-state index in [1.165, 1.54) is 6.20 Å². The van der Waals surface area contributed by atoms with E-state index in [4.69, 9.17) is 28.9 Å². The lowest BCUT2D eigenvalue weighted by atomic mass is 10.0. The van der Waals surface area contributed by atoms with Crippen molar-refractivity contribution in [1.29, 1.82) is 0 Å². The maximum Gasteiger partial charge on any atom is 0.167 e. The van der Waals surface area contributed by atoms with Crippen LogP contribution in [0.4, 0.5) is 5.69 Å². The molecule has 92 valence electrons. The van der Waals surface area contributed by atoms with Gasteiger partial charge in [-0.25, -0.2) is 0 Å². The van der Waals surface area contributed by atoms with Gasteiger partial charge < -0.3 is 5.73 Å². The van der Waals surface area contributed by atoms with Crippen molar-refractivity contribution >= 4 is 34.7 Å². The number of benzene rings is 1. The van der Waals surface area contributed by atoms with Crippen molar-refractivity contribution in [2.24, 2.45) is 0 Å². The van der Waals surface area contributed by atoms with Crippen LogP contribution in [0.2, 0.25) is 10.0 Å². The molecule has 1 aromatic heterocycles. The van der Waals surface area contributed by atoms with Gasteiger partial charge in [0, 0.05) is 24.4 Å². The molecule has 5 heteroatoms. The highest BCUT2D eigenvalue weighted by Gasteiger charge is 2.10. The highest BCUT2D eigenvalue weighted by molar-refractivity contribution is 6.33. The number of nitrogen functional groups attached to an aromatic ring is 1. The minimum atomic E-state index is -0.0648. The average molecular weight is 281 g/mol. The smallest absolute Gasteiger partial charge is 0.167 e. The summed E-state index contributed by atoms with van der Waals surface area (Å²) in [5.74, 6) is -0.0648. The summed E-state index contributed by atoms with van der Waals surface area (Å²) < 4.78 is 0. The standard InChI is InChI=1S/C13H10Cl2N2O/c14-10-5-9(1-2-12(10)16)13(18)6-8-3-4-17-7-11(8)15/h1-5,7H,6,16H2. The maximum atomic E-state index is 12.1. The second-order valence-electron chi connectivity index (χ2n) is 3.80. The number of aromatic nitrogens is 1. The molecule has 3 nitrogen and oxygen atoms in total. The number of halogens is 2. The second-order valence-corrected chi connectivity index (χ2v) is 4.62. The lowest BCUT2D eigenvalue weighted by molar-refractivity contribution is 0.0993. The molecule has 0 saturated carbocycles. The van der Waals surface area contributed by atoms with Crippen molar-refractivity contribution in [1.82, 2.24) is 4.98 Å². The van der Waals surface area contributed by atoms with Crippen molar-refractivity contribution in [3.63, 3.8) is 0 Å². The number of nitrogens with two attached hydrogens (primary N) is 1. The molecule has 0 saturated heterocycles. The Labute approximate surface area is 115 Å². The monoisotopic (exact) mass is 280 g/mol. The van der Waals surface area contributed by atoms with Crippen molar-refractivity contribution in [2.45, 2.75) is 6.42 Å². The third kappa shape index (κ3) is 2.81. The van der Waals surface area contributed by atoms with Gasteiger partial charge in [0.05, 0.1) is 15.7 Å². The molecule has 0 aliphatic carbocycles. The fourth-order valence-corrected chi connectivity index (χ4v) is 1.89. The van der Waals surface area contributed by atoms with Gasteiger partial charge in [-0.1, -0.05) is 23.2 Å². The van der Waals surface area contributed by atoms with Crippen LogP contribution in [-0.4, -0.2) is 10.8 Å². The van der Waals surface area contributed by atoms with Gasteiger partial charge in [-0.2, -0.15) is 0 Å². The molecule has 18 heavy (non-hydrogen) atoms. The lowest BCUT2D eigenvalue weighted by Crippen LogP contribution is -2.04. The SMILES string of the molecule is Nc1ccc(C(=O)Cc2ccncc2Cl)cc1Cl. The Bertz CT molecular complexity index is 599. The molecule has 2 N–H and O–H groups in total. The fraction of sp³-hybridized carbons (Fsp3) is 0.0769. The van der Waals surface area contributed by atoms with Gasteiger partial charge in [0.1, 0.15) is 0 Å². The normalized spacial score (nSPS) is 10.3. The van der Waals surface area contributed by atoms with E-state index in [-0.39, 0.29) is 12.2 Å². The van der Waals surface area contributed by atoms with E-state index in [2.05, 4.69) is 4.98 Å². The van der Waals surface area contributed by atoms with Gasteiger partial charge in [-0.05, 0) is 29.8 Å². The molecule has 0 aliphatic rings. The first-order valence-electron chi connectivity index (χ1n) is 5.24. The summed E-state index contributed by atoms with van der Waals surface area (Å²) in [6.45, 7) is 0. The van der Waals surface area contributed by atoms with E-state index in [1.54, 1.807) is 30.5 Å². The summed E-state index contributed by atoms with van der Waals surface area (Å²) in [4.78, 5) is 15.9. The van der Waals surface area contributed by atoms with E-state index in [0.717, 1.165) is 5.56 Å². The van der Waals surface area contributed by atoms with Crippen molar-refractivity contribution < 1.29 is 4.79 Å². The summed E-state index contributed by atoms with van der Waals surface area (Å²) in [7, 11) is 0. The van der Waals surface area contributed by atoms with Crippen LogP contribution in [-0.2, 0) is 6.42 Å².